The van der Waals surface area contributed by atoms with E-state index in [2.05, 4.69) is 12.2 Å². The molecule has 0 bridgehead atoms. The molecule has 0 amide bonds. The minimum absolute atomic E-state index is 0.229. The van der Waals surface area contributed by atoms with Gasteiger partial charge in [0.1, 0.15) is 5.78 Å². The molecule has 0 rings (SSSR count). The van der Waals surface area contributed by atoms with Gasteiger partial charge in [0.25, 0.3) is 0 Å². The first kappa shape index (κ1) is 19.5. The highest BCUT2D eigenvalue weighted by Crippen LogP contribution is 2.16. The number of nitrogens with one attached hydrogen (secondary N) is 1. The zero-order valence-corrected chi connectivity index (χ0v) is 13.5. The molecule has 20 heavy (non-hydrogen) atoms. The number of Topliss-reactive ketones (excluding diaryl/α,β-unsaturated/α-hetero) is 1. The van der Waals surface area contributed by atoms with Crippen LogP contribution in [0.15, 0.2) is 0 Å². The molecule has 0 saturated carbocycles. The summed E-state index contributed by atoms with van der Waals surface area (Å²) in [5.74, 6) is 0.229. The lowest BCUT2D eigenvalue weighted by Gasteiger charge is -2.16. The molecule has 0 aliphatic heterocycles. The van der Waals surface area contributed by atoms with Gasteiger partial charge in [-0.15, -0.1) is 0 Å². The number of rotatable bonds is 13. The molecule has 0 unspecified atom stereocenters. The summed E-state index contributed by atoms with van der Waals surface area (Å²) in [6, 6.07) is 0. The second-order valence-electron chi connectivity index (χ2n) is 5.61. The summed E-state index contributed by atoms with van der Waals surface area (Å²) >= 11 is 0. The fourth-order valence-electron chi connectivity index (χ4n) is 1.40. The highest BCUT2D eigenvalue weighted by molar-refractivity contribution is 5.83. The third-order valence-corrected chi connectivity index (χ3v) is 2.73. The van der Waals surface area contributed by atoms with E-state index in [1.165, 1.54) is 0 Å². The summed E-state index contributed by atoms with van der Waals surface area (Å²) in [5.41, 5.74) is -0.274. The lowest BCUT2D eigenvalue weighted by atomic mass is 9.89. The van der Waals surface area contributed by atoms with Gasteiger partial charge in [-0.3, -0.25) is 4.79 Å². The van der Waals surface area contributed by atoms with E-state index in [-0.39, 0.29) is 11.2 Å². The van der Waals surface area contributed by atoms with Crippen LogP contribution >= 0.6 is 0 Å². The predicted octanol–water partition coefficient (Wildman–Crippen LogP) is 1.65. The summed E-state index contributed by atoms with van der Waals surface area (Å²) in [5, 5.41) is 3.18. The van der Waals surface area contributed by atoms with E-state index in [9.17, 15) is 4.79 Å². The monoisotopic (exact) mass is 289 g/mol. The number of ketones is 1. The SMILES string of the molecule is CCNCCOCCOCCOCCC(=O)C(C)(C)C. The molecule has 0 aromatic rings. The molecule has 0 aliphatic carbocycles. The van der Waals surface area contributed by atoms with Gasteiger partial charge in [-0.05, 0) is 6.54 Å². The van der Waals surface area contributed by atoms with Gasteiger partial charge >= 0.3 is 0 Å². The van der Waals surface area contributed by atoms with E-state index in [0.717, 1.165) is 13.1 Å². The van der Waals surface area contributed by atoms with E-state index in [1.807, 2.05) is 20.8 Å². The third-order valence-electron chi connectivity index (χ3n) is 2.73. The molecule has 0 aromatic heterocycles. The van der Waals surface area contributed by atoms with Gasteiger partial charge in [-0.2, -0.15) is 0 Å². The molecule has 0 radical (unpaired) electrons. The second kappa shape index (κ2) is 12.3. The quantitative estimate of drug-likeness (QED) is 0.523. The van der Waals surface area contributed by atoms with Crippen LogP contribution in [0.1, 0.15) is 34.1 Å². The van der Waals surface area contributed by atoms with Crippen LogP contribution in [0.3, 0.4) is 0 Å². The van der Waals surface area contributed by atoms with Gasteiger partial charge in [-0.25, -0.2) is 0 Å². The van der Waals surface area contributed by atoms with E-state index >= 15 is 0 Å². The molecular weight excluding hydrogens is 258 g/mol. The normalized spacial score (nSPS) is 11.8. The van der Waals surface area contributed by atoms with E-state index in [1.54, 1.807) is 0 Å². The van der Waals surface area contributed by atoms with Crippen molar-refractivity contribution in [2.75, 3.05) is 52.7 Å². The number of likely N-dealkylation sites (N-methyl/N-ethyl adjacent to an activating group) is 1. The van der Waals surface area contributed by atoms with Crippen molar-refractivity contribution in [3.8, 4) is 0 Å². The van der Waals surface area contributed by atoms with Gasteiger partial charge in [0, 0.05) is 18.4 Å². The molecular formula is C15H31NO4. The third kappa shape index (κ3) is 12.5. The van der Waals surface area contributed by atoms with Crippen molar-refractivity contribution in [2.45, 2.75) is 34.1 Å². The van der Waals surface area contributed by atoms with Crippen molar-refractivity contribution in [1.29, 1.82) is 0 Å². The van der Waals surface area contributed by atoms with E-state index < -0.39 is 0 Å². The first-order valence-electron chi connectivity index (χ1n) is 7.45. The van der Waals surface area contributed by atoms with Crippen LogP contribution in [-0.2, 0) is 19.0 Å². The Hall–Kier alpha value is -0.490. The van der Waals surface area contributed by atoms with Crippen molar-refractivity contribution in [1.82, 2.24) is 5.32 Å². The van der Waals surface area contributed by atoms with Crippen LogP contribution in [0.4, 0.5) is 0 Å². The lowest BCUT2D eigenvalue weighted by molar-refractivity contribution is -0.127. The Morgan fingerprint density at radius 3 is 1.90 bits per heavy atom. The van der Waals surface area contributed by atoms with Crippen LogP contribution in [0.5, 0.6) is 0 Å². The fraction of sp³-hybridized carbons (Fsp3) is 0.933. The summed E-state index contributed by atoms with van der Waals surface area (Å²) in [4.78, 5) is 11.6. The minimum atomic E-state index is -0.274. The highest BCUT2D eigenvalue weighted by Gasteiger charge is 2.20. The predicted molar refractivity (Wildman–Crippen MR) is 80.1 cm³/mol. The molecule has 0 saturated heterocycles. The summed E-state index contributed by atoms with van der Waals surface area (Å²) in [7, 11) is 0. The highest BCUT2D eigenvalue weighted by atomic mass is 16.5. The summed E-state index contributed by atoms with van der Waals surface area (Å²) < 4.78 is 16.1. The topological polar surface area (TPSA) is 56.8 Å². The van der Waals surface area contributed by atoms with Crippen molar-refractivity contribution in [3.05, 3.63) is 0 Å². The number of carbonyl (C=O) groups excluding carboxylic acids is 1. The van der Waals surface area contributed by atoms with Crippen molar-refractivity contribution in [3.63, 3.8) is 0 Å². The average Bonchev–Trinajstić information content (AvgIpc) is 2.38. The van der Waals surface area contributed by atoms with Gasteiger partial charge < -0.3 is 19.5 Å². The summed E-state index contributed by atoms with van der Waals surface area (Å²) in [6.45, 7) is 13.1. The van der Waals surface area contributed by atoms with Crippen LogP contribution < -0.4 is 5.32 Å². The molecule has 0 atom stereocenters. The molecule has 0 spiro atoms. The van der Waals surface area contributed by atoms with Gasteiger partial charge in [0.15, 0.2) is 0 Å². The number of ether oxygens (including phenoxy) is 3. The first-order chi connectivity index (χ1) is 9.48. The van der Waals surface area contributed by atoms with Crippen LogP contribution in [0.2, 0.25) is 0 Å². The van der Waals surface area contributed by atoms with Crippen LogP contribution in [0.25, 0.3) is 0 Å². The molecule has 0 aliphatic rings. The van der Waals surface area contributed by atoms with E-state index in [4.69, 9.17) is 14.2 Å². The van der Waals surface area contributed by atoms with E-state index in [0.29, 0.717) is 46.1 Å². The number of carbonyl (C=O) groups is 1. The van der Waals surface area contributed by atoms with Crippen molar-refractivity contribution in [2.24, 2.45) is 5.41 Å². The maximum atomic E-state index is 11.6. The molecule has 0 fully saturated rings. The second-order valence-corrected chi connectivity index (χ2v) is 5.61. The standard InChI is InChI=1S/C15H31NO4/c1-5-16-7-9-19-11-13-20-12-10-18-8-6-14(17)15(2,3)4/h16H,5-13H2,1-4H3. The Balaban J connectivity index is 3.16. The molecule has 0 heterocycles. The van der Waals surface area contributed by atoms with Gasteiger partial charge in [0.2, 0.25) is 0 Å². The average molecular weight is 289 g/mol. The van der Waals surface area contributed by atoms with Crippen LogP contribution in [-0.4, -0.2) is 58.5 Å². The Morgan fingerprint density at radius 2 is 1.40 bits per heavy atom. The zero-order valence-electron chi connectivity index (χ0n) is 13.5. The maximum absolute atomic E-state index is 11.6. The Morgan fingerprint density at radius 1 is 0.900 bits per heavy atom. The largest absolute Gasteiger partial charge is 0.379 e. The number of hydrogen-bond donors (Lipinski definition) is 1. The van der Waals surface area contributed by atoms with Crippen molar-refractivity contribution >= 4 is 5.78 Å². The lowest BCUT2D eigenvalue weighted by Crippen LogP contribution is -2.22. The molecule has 120 valence electrons. The van der Waals surface area contributed by atoms with Crippen LogP contribution in [0, 0.1) is 5.41 Å². The molecule has 5 heteroatoms. The first-order valence-corrected chi connectivity index (χ1v) is 7.45. The Bertz CT molecular complexity index is 239. The zero-order chi connectivity index (χ0) is 15.3. The molecule has 0 aromatic carbocycles. The Kier molecular flexibility index (Phi) is 12.0. The Labute approximate surface area is 123 Å². The minimum Gasteiger partial charge on any atom is -0.379 e. The molecule has 5 nitrogen and oxygen atoms in total. The van der Waals surface area contributed by atoms with Crippen molar-refractivity contribution < 1.29 is 19.0 Å². The fourth-order valence-corrected chi connectivity index (χ4v) is 1.40. The number of hydrogen-bond acceptors (Lipinski definition) is 5. The summed E-state index contributed by atoms with van der Waals surface area (Å²) in [6.07, 6.45) is 0.469. The maximum Gasteiger partial charge on any atom is 0.140 e. The van der Waals surface area contributed by atoms with Gasteiger partial charge in [0.05, 0.1) is 39.6 Å². The smallest absolute Gasteiger partial charge is 0.140 e. The molecule has 1 N–H and O–H groups in total. The van der Waals surface area contributed by atoms with Gasteiger partial charge in [-0.1, -0.05) is 27.7 Å².